The molecule has 184 valence electrons. The lowest BCUT2D eigenvalue weighted by atomic mass is 9.81. The number of nitrogens with one attached hydrogen (secondary N) is 1. The number of fused-ring (bicyclic) bond motifs is 3. The first-order valence-electron chi connectivity index (χ1n) is 12.4. The van der Waals surface area contributed by atoms with E-state index in [-0.39, 0.29) is 30.9 Å². The van der Waals surface area contributed by atoms with Crippen molar-refractivity contribution in [2.45, 2.75) is 45.1 Å². The molecule has 2 N–H and O–H groups in total. The fourth-order valence-corrected chi connectivity index (χ4v) is 5.51. The van der Waals surface area contributed by atoms with Crippen LogP contribution in [0.5, 0.6) is 0 Å². The zero-order valence-corrected chi connectivity index (χ0v) is 20.2. The van der Waals surface area contributed by atoms with Gasteiger partial charge in [-0.05, 0) is 47.4 Å². The van der Waals surface area contributed by atoms with Gasteiger partial charge in [-0.25, -0.2) is 4.79 Å². The largest absolute Gasteiger partial charge is 0.481 e. The maximum Gasteiger partial charge on any atom is 0.407 e. The highest BCUT2D eigenvalue weighted by Gasteiger charge is 2.49. The van der Waals surface area contributed by atoms with E-state index >= 15 is 0 Å². The molecule has 0 bridgehead atoms. The lowest BCUT2D eigenvalue weighted by Gasteiger charge is -2.26. The summed E-state index contributed by atoms with van der Waals surface area (Å²) in [6, 6.07) is 15.6. The Balaban J connectivity index is 1.26. The van der Waals surface area contributed by atoms with Crippen LogP contribution in [0, 0.1) is 17.3 Å². The number of rotatable bonds is 7. The van der Waals surface area contributed by atoms with E-state index in [0.29, 0.717) is 18.9 Å². The van der Waals surface area contributed by atoms with Crippen LogP contribution in [0.25, 0.3) is 11.1 Å². The summed E-state index contributed by atoms with van der Waals surface area (Å²) in [5.74, 6) is -0.934. The van der Waals surface area contributed by atoms with Crippen LogP contribution in [0.4, 0.5) is 4.79 Å². The number of carboxylic acids is 1. The molecule has 0 spiro atoms. The van der Waals surface area contributed by atoms with Gasteiger partial charge in [-0.2, -0.15) is 0 Å². The van der Waals surface area contributed by atoms with Crippen molar-refractivity contribution in [1.82, 2.24) is 10.2 Å². The molecule has 3 aliphatic rings. The zero-order chi connectivity index (χ0) is 24.7. The van der Waals surface area contributed by atoms with Crippen LogP contribution in [-0.2, 0) is 14.3 Å². The number of hydrogen-bond donors (Lipinski definition) is 2. The Labute approximate surface area is 205 Å². The molecule has 2 fully saturated rings. The van der Waals surface area contributed by atoms with Crippen LogP contribution < -0.4 is 5.32 Å². The van der Waals surface area contributed by atoms with Crippen LogP contribution in [0.1, 0.15) is 50.2 Å². The summed E-state index contributed by atoms with van der Waals surface area (Å²) in [5, 5.41) is 12.5. The molecule has 0 aromatic heterocycles. The number of aliphatic carboxylic acids is 1. The summed E-state index contributed by atoms with van der Waals surface area (Å²) in [7, 11) is 0. The average Bonchev–Trinajstić information content (AvgIpc) is 3.53. The molecule has 2 aromatic carbocycles. The summed E-state index contributed by atoms with van der Waals surface area (Å²) in [5.41, 5.74) is 3.59. The van der Waals surface area contributed by atoms with E-state index < -0.39 is 23.5 Å². The molecule has 1 saturated heterocycles. The molecular weight excluding hydrogens is 444 g/mol. The maximum absolute atomic E-state index is 13.4. The Kier molecular flexibility index (Phi) is 6.03. The lowest BCUT2D eigenvalue weighted by molar-refractivity contribution is -0.149. The van der Waals surface area contributed by atoms with E-state index in [2.05, 4.69) is 29.6 Å². The molecule has 7 heteroatoms. The second-order valence-electron chi connectivity index (χ2n) is 10.5. The normalized spacial score (nSPS) is 23.9. The van der Waals surface area contributed by atoms with E-state index in [1.165, 1.54) is 0 Å². The van der Waals surface area contributed by atoms with Gasteiger partial charge in [0.25, 0.3) is 0 Å². The van der Waals surface area contributed by atoms with Crippen molar-refractivity contribution in [3.63, 3.8) is 0 Å². The minimum atomic E-state index is -0.983. The van der Waals surface area contributed by atoms with E-state index in [9.17, 15) is 19.5 Å². The lowest BCUT2D eigenvalue weighted by Crippen LogP contribution is -2.49. The standard InChI is InChI=1S/C28H32N2O5/c1-17-14-30(16-28(17,2)26(32)33)25(31)24(13-18-11-12-18)29-27(34)35-15-23-21-9-5-3-7-19(21)20-8-4-6-10-22(20)23/h3-10,17-18,23-24H,11-16H2,1-2H3,(H,29,34)(H,32,33). The monoisotopic (exact) mass is 476 g/mol. The van der Waals surface area contributed by atoms with Crippen molar-refractivity contribution in [3.05, 3.63) is 59.7 Å². The smallest absolute Gasteiger partial charge is 0.407 e. The molecule has 2 amide bonds. The SMILES string of the molecule is CC1CN(C(=O)C(CC2CC2)NC(=O)OCC2c3ccccc3-c3ccccc32)CC1(C)C(=O)O. The van der Waals surface area contributed by atoms with Crippen molar-refractivity contribution < 1.29 is 24.2 Å². The summed E-state index contributed by atoms with van der Waals surface area (Å²) >= 11 is 0. The van der Waals surface area contributed by atoms with Crippen molar-refractivity contribution in [1.29, 1.82) is 0 Å². The number of hydrogen-bond acceptors (Lipinski definition) is 4. The number of alkyl carbamates (subject to hydrolysis) is 1. The highest BCUT2D eigenvalue weighted by Crippen LogP contribution is 2.44. The first-order chi connectivity index (χ1) is 16.8. The first-order valence-corrected chi connectivity index (χ1v) is 12.4. The summed E-state index contributed by atoms with van der Waals surface area (Å²) in [4.78, 5) is 39.6. The van der Waals surface area contributed by atoms with Crippen LogP contribution in [0.15, 0.2) is 48.5 Å². The molecule has 2 aliphatic carbocycles. The van der Waals surface area contributed by atoms with E-state index in [1.54, 1.807) is 11.8 Å². The van der Waals surface area contributed by atoms with Crippen molar-refractivity contribution in [2.75, 3.05) is 19.7 Å². The fourth-order valence-electron chi connectivity index (χ4n) is 5.51. The van der Waals surface area contributed by atoms with Gasteiger partial charge in [0.2, 0.25) is 5.91 Å². The number of carboxylic acid groups (broad SMARTS) is 1. The highest BCUT2D eigenvalue weighted by molar-refractivity contribution is 5.87. The zero-order valence-electron chi connectivity index (χ0n) is 20.2. The van der Waals surface area contributed by atoms with Crippen molar-refractivity contribution in [3.8, 4) is 11.1 Å². The number of carbonyl (C=O) groups excluding carboxylic acids is 2. The summed E-state index contributed by atoms with van der Waals surface area (Å²) < 4.78 is 5.67. The number of nitrogens with zero attached hydrogens (tertiary/aromatic N) is 1. The minimum Gasteiger partial charge on any atom is -0.481 e. The molecule has 5 rings (SSSR count). The van der Waals surface area contributed by atoms with Gasteiger partial charge < -0.3 is 20.1 Å². The molecule has 35 heavy (non-hydrogen) atoms. The number of amides is 2. The van der Waals surface area contributed by atoms with Gasteiger partial charge in [-0.1, -0.05) is 68.3 Å². The Bertz CT molecular complexity index is 1110. The number of benzene rings is 2. The van der Waals surface area contributed by atoms with E-state index in [1.807, 2.05) is 31.2 Å². The van der Waals surface area contributed by atoms with E-state index in [0.717, 1.165) is 35.1 Å². The quantitative estimate of drug-likeness (QED) is 0.622. The average molecular weight is 477 g/mol. The highest BCUT2D eigenvalue weighted by atomic mass is 16.5. The predicted octanol–water partition coefficient (Wildman–Crippen LogP) is 4.26. The summed E-state index contributed by atoms with van der Waals surface area (Å²) in [6.07, 6.45) is 2.02. The Morgan fingerprint density at radius 1 is 1.09 bits per heavy atom. The van der Waals surface area contributed by atoms with Gasteiger partial charge in [-0.15, -0.1) is 0 Å². The van der Waals surface area contributed by atoms with Crippen LogP contribution in [0.3, 0.4) is 0 Å². The first kappa shape index (κ1) is 23.4. The molecule has 7 nitrogen and oxygen atoms in total. The molecule has 2 aromatic rings. The van der Waals surface area contributed by atoms with Gasteiger partial charge in [0.1, 0.15) is 12.6 Å². The van der Waals surface area contributed by atoms with Gasteiger partial charge in [0.05, 0.1) is 5.41 Å². The molecule has 0 radical (unpaired) electrons. The minimum absolute atomic E-state index is 0.0542. The Morgan fingerprint density at radius 2 is 1.69 bits per heavy atom. The molecule has 1 aliphatic heterocycles. The number of likely N-dealkylation sites (tertiary alicyclic amines) is 1. The fraction of sp³-hybridized carbons (Fsp3) is 0.464. The molecule has 3 unspecified atom stereocenters. The number of ether oxygens (including phenoxy) is 1. The third-order valence-electron chi connectivity index (χ3n) is 8.10. The topological polar surface area (TPSA) is 95.9 Å². The second kappa shape index (κ2) is 9.02. The Morgan fingerprint density at radius 3 is 2.23 bits per heavy atom. The molecule has 3 atom stereocenters. The van der Waals surface area contributed by atoms with Crippen molar-refractivity contribution in [2.24, 2.45) is 17.3 Å². The third-order valence-corrected chi connectivity index (χ3v) is 8.10. The van der Waals surface area contributed by atoms with Crippen LogP contribution >= 0.6 is 0 Å². The maximum atomic E-state index is 13.4. The van der Waals surface area contributed by atoms with E-state index in [4.69, 9.17) is 4.74 Å². The third kappa shape index (κ3) is 4.40. The molecule has 1 saturated carbocycles. The van der Waals surface area contributed by atoms with Gasteiger partial charge in [0, 0.05) is 19.0 Å². The van der Waals surface area contributed by atoms with Crippen LogP contribution in [-0.4, -0.2) is 53.7 Å². The number of carbonyl (C=O) groups is 3. The van der Waals surface area contributed by atoms with Gasteiger partial charge in [-0.3, -0.25) is 9.59 Å². The Hall–Kier alpha value is -3.35. The predicted molar refractivity (Wildman–Crippen MR) is 131 cm³/mol. The van der Waals surface area contributed by atoms with Gasteiger partial charge >= 0.3 is 12.1 Å². The molecular formula is C28H32N2O5. The molecule has 1 heterocycles. The second-order valence-corrected chi connectivity index (χ2v) is 10.5. The summed E-state index contributed by atoms with van der Waals surface area (Å²) in [6.45, 7) is 4.24. The van der Waals surface area contributed by atoms with Gasteiger partial charge in [0.15, 0.2) is 0 Å². The van der Waals surface area contributed by atoms with Crippen molar-refractivity contribution >= 4 is 18.0 Å². The van der Waals surface area contributed by atoms with Crippen LogP contribution in [0.2, 0.25) is 0 Å².